The standard InChI is InChI=1S/C20H15BrFN3O2S.ClH/c1-27-15-5-2-12(3-6-15)18-10-25-14(11-28-20(25)24-18)9-19(26)23-17-7-4-13(21)8-16(17)22;/h2-8,10-11H,9H2,1H3,(H,23,26);1H. The number of halogens is 3. The Bertz CT molecular complexity index is 1160. The van der Waals surface area contributed by atoms with Gasteiger partial charge in [0.15, 0.2) is 4.96 Å². The molecule has 2 heterocycles. The molecule has 4 rings (SSSR count). The zero-order chi connectivity index (χ0) is 19.7. The van der Waals surface area contributed by atoms with Gasteiger partial charge in [-0.3, -0.25) is 9.20 Å². The first kappa shape index (κ1) is 21.3. The van der Waals surface area contributed by atoms with Crippen LogP contribution in [0.15, 0.2) is 58.5 Å². The first-order chi connectivity index (χ1) is 13.5. The number of hydrogen-bond donors (Lipinski definition) is 1. The summed E-state index contributed by atoms with van der Waals surface area (Å²) < 4.78 is 21.6. The van der Waals surface area contributed by atoms with Crippen molar-refractivity contribution in [3.8, 4) is 17.0 Å². The van der Waals surface area contributed by atoms with Gasteiger partial charge in [-0.2, -0.15) is 0 Å². The van der Waals surface area contributed by atoms with E-state index < -0.39 is 5.82 Å². The zero-order valence-electron chi connectivity index (χ0n) is 15.2. The predicted octanol–water partition coefficient (Wildman–Crippen LogP) is 5.58. The number of carbonyl (C=O) groups excluding carboxylic acids is 1. The van der Waals surface area contributed by atoms with Crippen LogP contribution >= 0.6 is 39.7 Å². The molecule has 4 aromatic rings. The van der Waals surface area contributed by atoms with Crippen molar-refractivity contribution >= 4 is 56.2 Å². The Hall–Kier alpha value is -2.42. The Morgan fingerprint density at radius 2 is 2.03 bits per heavy atom. The molecule has 0 spiro atoms. The van der Waals surface area contributed by atoms with E-state index in [1.165, 1.54) is 23.5 Å². The summed E-state index contributed by atoms with van der Waals surface area (Å²) in [5, 5.41) is 4.50. The molecule has 0 saturated heterocycles. The molecule has 0 aliphatic rings. The van der Waals surface area contributed by atoms with Gasteiger partial charge in [0, 0.05) is 27.3 Å². The number of methoxy groups -OCH3 is 1. The number of aromatic nitrogens is 2. The number of nitrogens with one attached hydrogen (secondary N) is 1. The van der Waals surface area contributed by atoms with Crippen LogP contribution in [0.25, 0.3) is 16.2 Å². The molecule has 1 amide bonds. The van der Waals surface area contributed by atoms with Crippen molar-refractivity contribution in [2.45, 2.75) is 6.42 Å². The molecule has 5 nitrogen and oxygen atoms in total. The smallest absolute Gasteiger partial charge is 0.230 e. The second-order valence-electron chi connectivity index (χ2n) is 6.08. The molecule has 1 N–H and O–H groups in total. The van der Waals surface area contributed by atoms with Gasteiger partial charge in [-0.15, -0.1) is 23.7 Å². The molecule has 0 unspecified atom stereocenters. The molecule has 0 aliphatic carbocycles. The van der Waals surface area contributed by atoms with E-state index >= 15 is 0 Å². The molecule has 150 valence electrons. The lowest BCUT2D eigenvalue weighted by Gasteiger charge is -2.06. The van der Waals surface area contributed by atoms with Gasteiger partial charge in [-0.25, -0.2) is 9.37 Å². The lowest BCUT2D eigenvalue weighted by molar-refractivity contribution is -0.115. The minimum absolute atomic E-state index is 0. The van der Waals surface area contributed by atoms with Crippen LogP contribution in [0, 0.1) is 5.82 Å². The molecule has 0 aliphatic heterocycles. The topological polar surface area (TPSA) is 55.6 Å². The maximum Gasteiger partial charge on any atom is 0.230 e. The fraction of sp³-hybridized carbons (Fsp3) is 0.100. The number of rotatable bonds is 5. The van der Waals surface area contributed by atoms with Crippen molar-refractivity contribution in [2.24, 2.45) is 0 Å². The molecule has 0 fully saturated rings. The van der Waals surface area contributed by atoms with Crippen LogP contribution in [-0.4, -0.2) is 22.4 Å². The minimum Gasteiger partial charge on any atom is -0.497 e. The lowest BCUT2D eigenvalue weighted by Crippen LogP contribution is -2.16. The summed E-state index contributed by atoms with van der Waals surface area (Å²) in [6, 6.07) is 12.2. The number of imidazole rings is 1. The van der Waals surface area contributed by atoms with E-state index in [4.69, 9.17) is 4.74 Å². The predicted molar refractivity (Wildman–Crippen MR) is 119 cm³/mol. The zero-order valence-corrected chi connectivity index (χ0v) is 18.4. The number of hydrogen-bond acceptors (Lipinski definition) is 4. The Morgan fingerprint density at radius 3 is 2.72 bits per heavy atom. The highest BCUT2D eigenvalue weighted by molar-refractivity contribution is 9.10. The molecule has 0 saturated carbocycles. The third kappa shape index (κ3) is 4.60. The van der Waals surface area contributed by atoms with Gasteiger partial charge >= 0.3 is 0 Å². The SMILES string of the molecule is COc1ccc(-c2cn3c(CC(=O)Nc4ccc(Br)cc4F)csc3n2)cc1.Cl. The van der Waals surface area contributed by atoms with Gasteiger partial charge in [0.25, 0.3) is 0 Å². The average Bonchev–Trinajstić information content (AvgIpc) is 3.26. The summed E-state index contributed by atoms with van der Waals surface area (Å²) in [5.74, 6) is 0.00513. The number of nitrogens with zero attached hydrogens (tertiary/aromatic N) is 2. The molecule has 29 heavy (non-hydrogen) atoms. The number of carbonyl (C=O) groups is 1. The van der Waals surface area contributed by atoms with E-state index in [2.05, 4.69) is 26.2 Å². The number of ether oxygens (including phenoxy) is 1. The molecule has 2 aromatic carbocycles. The van der Waals surface area contributed by atoms with Crippen LogP contribution in [0.2, 0.25) is 0 Å². The average molecular weight is 497 g/mol. The Labute approximate surface area is 185 Å². The van der Waals surface area contributed by atoms with Crippen molar-refractivity contribution < 1.29 is 13.9 Å². The number of benzene rings is 2. The maximum absolute atomic E-state index is 13.9. The normalized spacial score (nSPS) is 10.6. The minimum atomic E-state index is -0.484. The van der Waals surface area contributed by atoms with Gasteiger partial charge in [0.1, 0.15) is 11.6 Å². The summed E-state index contributed by atoms with van der Waals surface area (Å²) in [6.07, 6.45) is 2.02. The number of fused-ring (bicyclic) bond motifs is 1. The van der Waals surface area contributed by atoms with Crippen molar-refractivity contribution in [3.63, 3.8) is 0 Å². The highest BCUT2D eigenvalue weighted by Crippen LogP contribution is 2.26. The van der Waals surface area contributed by atoms with E-state index in [9.17, 15) is 9.18 Å². The largest absolute Gasteiger partial charge is 0.497 e. The van der Waals surface area contributed by atoms with E-state index in [0.717, 1.165) is 27.7 Å². The second kappa shape index (κ2) is 8.94. The molecular formula is C20H16BrClFN3O2S. The number of amides is 1. The maximum atomic E-state index is 13.9. The van der Waals surface area contributed by atoms with Crippen molar-refractivity contribution in [1.29, 1.82) is 0 Å². The Balaban J connectivity index is 0.00000240. The van der Waals surface area contributed by atoms with Gasteiger partial charge in [-0.05, 0) is 42.5 Å². The third-order valence-corrected chi connectivity index (χ3v) is 5.60. The first-order valence-corrected chi connectivity index (χ1v) is 10.1. The molecular weight excluding hydrogens is 481 g/mol. The van der Waals surface area contributed by atoms with Crippen LogP contribution in [0.4, 0.5) is 10.1 Å². The van der Waals surface area contributed by atoms with Crippen molar-refractivity contribution in [1.82, 2.24) is 9.38 Å². The van der Waals surface area contributed by atoms with Gasteiger partial charge in [-0.1, -0.05) is 15.9 Å². The van der Waals surface area contributed by atoms with E-state index in [1.807, 2.05) is 40.2 Å². The van der Waals surface area contributed by atoms with E-state index in [0.29, 0.717) is 4.47 Å². The number of anilines is 1. The quantitative estimate of drug-likeness (QED) is 0.393. The monoisotopic (exact) mass is 495 g/mol. The lowest BCUT2D eigenvalue weighted by atomic mass is 10.2. The summed E-state index contributed by atoms with van der Waals surface area (Å²) in [4.78, 5) is 17.8. The van der Waals surface area contributed by atoms with Crippen LogP contribution in [-0.2, 0) is 11.2 Å². The third-order valence-electron chi connectivity index (χ3n) is 4.22. The second-order valence-corrected chi connectivity index (χ2v) is 7.84. The van der Waals surface area contributed by atoms with Gasteiger partial charge in [0.2, 0.25) is 5.91 Å². The van der Waals surface area contributed by atoms with E-state index in [-0.39, 0.29) is 30.4 Å². The highest BCUT2D eigenvalue weighted by Gasteiger charge is 2.14. The summed E-state index contributed by atoms with van der Waals surface area (Å²) in [7, 11) is 1.62. The van der Waals surface area contributed by atoms with E-state index in [1.54, 1.807) is 13.2 Å². The molecule has 9 heteroatoms. The summed E-state index contributed by atoms with van der Waals surface area (Å²) in [6.45, 7) is 0. The van der Waals surface area contributed by atoms with Crippen molar-refractivity contribution in [3.05, 3.63) is 70.0 Å². The molecule has 0 radical (unpaired) electrons. The Morgan fingerprint density at radius 1 is 1.28 bits per heavy atom. The number of thiazole rings is 1. The van der Waals surface area contributed by atoms with Crippen molar-refractivity contribution in [2.75, 3.05) is 12.4 Å². The Kier molecular flexibility index (Phi) is 6.56. The first-order valence-electron chi connectivity index (χ1n) is 8.38. The van der Waals surface area contributed by atoms with Crippen LogP contribution in [0.3, 0.4) is 0 Å². The molecule has 2 aromatic heterocycles. The molecule has 0 atom stereocenters. The van der Waals surface area contributed by atoms with Crippen LogP contribution in [0.1, 0.15) is 5.69 Å². The highest BCUT2D eigenvalue weighted by atomic mass is 79.9. The van der Waals surface area contributed by atoms with Crippen LogP contribution in [0.5, 0.6) is 5.75 Å². The van der Waals surface area contributed by atoms with Gasteiger partial charge in [0.05, 0.1) is 24.9 Å². The van der Waals surface area contributed by atoms with Crippen LogP contribution < -0.4 is 10.1 Å². The summed E-state index contributed by atoms with van der Waals surface area (Å²) in [5.41, 5.74) is 2.73. The fourth-order valence-electron chi connectivity index (χ4n) is 2.81. The summed E-state index contributed by atoms with van der Waals surface area (Å²) >= 11 is 4.66. The van der Waals surface area contributed by atoms with Gasteiger partial charge < -0.3 is 10.1 Å². The fourth-order valence-corrected chi connectivity index (χ4v) is 4.01. The molecule has 0 bridgehead atoms.